The summed E-state index contributed by atoms with van der Waals surface area (Å²) in [5, 5.41) is 13.7. The minimum Gasteiger partial charge on any atom is -0.756 e. The second kappa shape index (κ2) is 35.4. The highest BCUT2D eigenvalue weighted by molar-refractivity contribution is 7.45. The number of unbranched alkanes of at least 4 members (excludes halogenated alkanes) is 10. The predicted molar refractivity (Wildman–Crippen MR) is 223 cm³/mol. The molecule has 0 aliphatic carbocycles. The van der Waals surface area contributed by atoms with Crippen molar-refractivity contribution < 1.29 is 32.9 Å². The Kier molecular flexibility index (Phi) is 33.8. The average molecular weight is 761 g/mol. The number of likely N-dealkylation sites (N-methyl/N-ethyl adjacent to an activating group) is 1. The molecule has 0 radical (unpaired) electrons. The van der Waals surface area contributed by atoms with E-state index in [1.54, 1.807) is 6.08 Å². The van der Waals surface area contributed by atoms with Crippen LogP contribution < -0.4 is 10.2 Å². The third kappa shape index (κ3) is 37.8. The number of nitrogens with one attached hydrogen (secondary N) is 1. The van der Waals surface area contributed by atoms with Crippen molar-refractivity contribution in [2.45, 2.75) is 148 Å². The van der Waals surface area contributed by atoms with E-state index >= 15 is 0 Å². The van der Waals surface area contributed by atoms with Crippen molar-refractivity contribution in [3.63, 3.8) is 0 Å². The molecule has 304 valence electrons. The molecule has 0 rings (SSSR count). The van der Waals surface area contributed by atoms with Gasteiger partial charge in [-0.2, -0.15) is 0 Å². The Hall–Kier alpha value is -2.32. The minimum absolute atomic E-state index is 0.0181. The number of carbonyl (C=O) groups is 1. The van der Waals surface area contributed by atoms with Gasteiger partial charge in [0.1, 0.15) is 13.2 Å². The van der Waals surface area contributed by atoms with E-state index in [-0.39, 0.29) is 18.9 Å². The molecule has 0 aromatic rings. The van der Waals surface area contributed by atoms with Crippen LogP contribution in [0, 0.1) is 0 Å². The second-order valence-corrected chi connectivity index (χ2v) is 16.0. The lowest BCUT2D eigenvalue weighted by molar-refractivity contribution is -0.870. The van der Waals surface area contributed by atoms with Crippen molar-refractivity contribution in [2.75, 3.05) is 40.9 Å². The van der Waals surface area contributed by atoms with Crippen LogP contribution >= 0.6 is 7.82 Å². The highest BCUT2D eigenvalue weighted by atomic mass is 31.2. The third-order valence-electron chi connectivity index (χ3n) is 8.34. The molecule has 0 saturated carbocycles. The average Bonchev–Trinajstić information content (AvgIpc) is 3.10. The molecule has 0 fully saturated rings. The van der Waals surface area contributed by atoms with E-state index in [2.05, 4.69) is 92.1 Å². The van der Waals surface area contributed by atoms with Gasteiger partial charge in [0.05, 0.1) is 39.9 Å². The van der Waals surface area contributed by atoms with E-state index in [1.807, 2.05) is 27.2 Å². The van der Waals surface area contributed by atoms with Gasteiger partial charge in [-0.25, -0.2) is 0 Å². The summed E-state index contributed by atoms with van der Waals surface area (Å²) in [5.41, 5.74) is 0. The fourth-order valence-corrected chi connectivity index (χ4v) is 5.80. The molecule has 2 N–H and O–H groups in total. The van der Waals surface area contributed by atoms with Gasteiger partial charge < -0.3 is 28.8 Å². The normalized spacial score (nSPS) is 15.4. The molecular weight excluding hydrogens is 683 g/mol. The Bertz CT molecular complexity index is 1140. The fraction of sp³-hybridized carbons (Fsp3) is 0.659. The molecule has 0 aliphatic heterocycles. The molecule has 0 heterocycles. The number of carbonyl (C=O) groups excluding carboxylic acids is 1. The first kappa shape index (κ1) is 50.7. The maximum atomic E-state index is 12.8. The maximum Gasteiger partial charge on any atom is 0.268 e. The molecule has 9 heteroatoms. The zero-order chi connectivity index (χ0) is 39.3. The van der Waals surface area contributed by atoms with Crippen LogP contribution in [0.1, 0.15) is 136 Å². The van der Waals surface area contributed by atoms with Crippen molar-refractivity contribution in [3.8, 4) is 0 Å². The van der Waals surface area contributed by atoms with E-state index < -0.39 is 26.6 Å². The quantitative estimate of drug-likeness (QED) is 0.0288. The molecular formula is C44H77N2O6P. The molecule has 0 aromatic heterocycles. The van der Waals surface area contributed by atoms with Crippen LogP contribution in [0.4, 0.5) is 0 Å². The molecule has 0 saturated heterocycles. The first-order valence-electron chi connectivity index (χ1n) is 20.4. The van der Waals surface area contributed by atoms with Crippen molar-refractivity contribution in [1.29, 1.82) is 0 Å². The van der Waals surface area contributed by atoms with Gasteiger partial charge >= 0.3 is 0 Å². The molecule has 53 heavy (non-hydrogen) atoms. The smallest absolute Gasteiger partial charge is 0.268 e. The van der Waals surface area contributed by atoms with Crippen LogP contribution in [0.5, 0.6) is 0 Å². The maximum absolute atomic E-state index is 12.8. The van der Waals surface area contributed by atoms with Gasteiger partial charge in [0.25, 0.3) is 7.82 Å². The summed E-state index contributed by atoms with van der Waals surface area (Å²) < 4.78 is 23.1. The highest BCUT2D eigenvalue weighted by Crippen LogP contribution is 2.38. The summed E-state index contributed by atoms with van der Waals surface area (Å²) in [4.78, 5) is 25.2. The van der Waals surface area contributed by atoms with Crippen LogP contribution in [-0.4, -0.2) is 68.5 Å². The Morgan fingerprint density at radius 3 is 1.75 bits per heavy atom. The highest BCUT2D eigenvalue weighted by Gasteiger charge is 2.23. The molecule has 0 aromatic carbocycles. The predicted octanol–water partition coefficient (Wildman–Crippen LogP) is 10.4. The molecule has 3 atom stereocenters. The number of quaternary nitrogens is 1. The van der Waals surface area contributed by atoms with Gasteiger partial charge in [-0.1, -0.05) is 137 Å². The van der Waals surface area contributed by atoms with Gasteiger partial charge in [0.2, 0.25) is 5.91 Å². The molecule has 1 amide bonds. The summed E-state index contributed by atoms with van der Waals surface area (Å²) in [5.74, 6) is -0.245. The van der Waals surface area contributed by atoms with Gasteiger partial charge in [-0.05, 0) is 77.0 Å². The minimum atomic E-state index is -4.60. The second-order valence-electron chi connectivity index (χ2n) is 14.6. The monoisotopic (exact) mass is 761 g/mol. The Labute approximate surface area is 325 Å². The first-order valence-corrected chi connectivity index (χ1v) is 21.9. The van der Waals surface area contributed by atoms with Crippen LogP contribution in [0.25, 0.3) is 0 Å². The number of hydrogen-bond donors (Lipinski definition) is 2. The lowest BCUT2D eigenvalue weighted by Crippen LogP contribution is -2.45. The summed E-state index contributed by atoms with van der Waals surface area (Å²) in [6.07, 6.45) is 47.7. The number of nitrogens with zero attached hydrogens (tertiary/aromatic N) is 1. The number of amides is 1. The largest absolute Gasteiger partial charge is 0.756 e. The summed E-state index contributed by atoms with van der Waals surface area (Å²) in [7, 11) is 1.20. The van der Waals surface area contributed by atoms with Crippen molar-refractivity contribution in [1.82, 2.24) is 5.32 Å². The van der Waals surface area contributed by atoms with E-state index in [4.69, 9.17) is 9.05 Å². The number of aliphatic hydroxyl groups is 1. The van der Waals surface area contributed by atoms with E-state index in [0.29, 0.717) is 17.4 Å². The topological polar surface area (TPSA) is 108 Å². The van der Waals surface area contributed by atoms with Crippen LogP contribution in [0.2, 0.25) is 0 Å². The van der Waals surface area contributed by atoms with Crippen LogP contribution in [0.15, 0.2) is 85.1 Å². The van der Waals surface area contributed by atoms with Gasteiger partial charge in [-0.3, -0.25) is 9.36 Å². The van der Waals surface area contributed by atoms with Crippen molar-refractivity contribution >= 4 is 13.7 Å². The van der Waals surface area contributed by atoms with E-state index in [1.165, 1.54) is 38.5 Å². The Morgan fingerprint density at radius 2 is 1.17 bits per heavy atom. The number of rotatable bonds is 35. The summed E-state index contributed by atoms with van der Waals surface area (Å²) in [6.45, 7) is 4.43. The SMILES string of the molecule is CC/C=C\C/C=C\C/C=C\C/C=C\C/C=C\CCCCCC(=O)NC(COP(=O)([O-])OCC[N+](C)(C)C)C(O)/C=C/CC/C=C/CCCCCCCC. The molecule has 0 bridgehead atoms. The number of hydrogen-bond acceptors (Lipinski definition) is 6. The van der Waals surface area contributed by atoms with Crippen molar-refractivity contribution in [3.05, 3.63) is 85.1 Å². The van der Waals surface area contributed by atoms with Gasteiger partial charge in [-0.15, -0.1) is 0 Å². The van der Waals surface area contributed by atoms with E-state index in [9.17, 15) is 19.4 Å². The standard InChI is InChI=1S/C44H77N2O6P/c1-6-8-10-12-14-16-18-20-21-22-23-24-25-26-28-30-32-34-36-38-44(48)45-42(41-52-53(49,50)51-40-39-46(3,4)5)43(47)37-35-33-31-29-27-19-17-15-13-11-9-7-2/h8,10,14,16,20-21,23-24,26-29,35,37,42-43,47H,6-7,9,11-13,15,17-19,22,25,30-34,36,38-41H2,1-5H3,(H-,45,48,49,50)/b10-8-,16-14-,21-20-,24-23-,28-26-,29-27+,37-35+. The first-order chi connectivity index (χ1) is 25.5. The molecule has 0 aliphatic rings. The zero-order valence-electron chi connectivity index (χ0n) is 34.2. The number of phosphoric acid groups is 1. The lowest BCUT2D eigenvalue weighted by Gasteiger charge is -2.29. The van der Waals surface area contributed by atoms with Gasteiger partial charge in [0.15, 0.2) is 0 Å². The number of phosphoric ester groups is 1. The van der Waals surface area contributed by atoms with Gasteiger partial charge in [0, 0.05) is 6.42 Å². The fourth-order valence-electron chi connectivity index (χ4n) is 5.07. The van der Waals surface area contributed by atoms with Crippen LogP contribution in [-0.2, 0) is 18.4 Å². The third-order valence-corrected chi connectivity index (χ3v) is 9.30. The Balaban J connectivity index is 4.59. The zero-order valence-corrected chi connectivity index (χ0v) is 35.1. The summed E-state index contributed by atoms with van der Waals surface area (Å²) in [6, 6.07) is -0.924. The summed E-state index contributed by atoms with van der Waals surface area (Å²) >= 11 is 0. The number of aliphatic hydroxyl groups excluding tert-OH is 1. The lowest BCUT2D eigenvalue weighted by atomic mass is 10.1. The van der Waals surface area contributed by atoms with Crippen LogP contribution in [0.3, 0.4) is 0 Å². The number of allylic oxidation sites excluding steroid dienone is 13. The molecule has 0 spiro atoms. The Morgan fingerprint density at radius 1 is 0.679 bits per heavy atom. The molecule has 3 unspecified atom stereocenters. The molecule has 8 nitrogen and oxygen atoms in total. The van der Waals surface area contributed by atoms with E-state index in [0.717, 1.165) is 70.6 Å². The van der Waals surface area contributed by atoms with Crippen molar-refractivity contribution in [2.24, 2.45) is 0 Å².